The van der Waals surface area contributed by atoms with Crippen molar-refractivity contribution in [2.24, 2.45) is 0 Å². The number of nitrogens with one attached hydrogen (secondary N) is 1. The first-order valence-electron chi connectivity index (χ1n) is 10.2. The number of aryl methyl sites for hydroxylation is 1. The number of para-hydroxylation sites is 2. The first kappa shape index (κ1) is 20.2. The van der Waals surface area contributed by atoms with E-state index < -0.39 is 0 Å². The number of carbonyl (C=O) groups excluding carboxylic acids is 1. The SMILES string of the molecule is Cc1ccc(Cl)cc1NC(=O)Cn1c2c(c(=O)n1-c1ccccc1)Cc1ccccc1O2. The quantitative estimate of drug-likeness (QED) is 0.426. The number of amides is 1. The molecule has 1 aromatic heterocycles. The number of ether oxygens (including phenoxy) is 1. The molecule has 0 fully saturated rings. The molecule has 3 aromatic carbocycles. The Balaban J connectivity index is 1.57. The van der Waals surface area contributed by atoms with Crippen LogP contribution in [0.3, 0.4) is 0 Å². The lowest BCUT2D eigenvalue weighted by Gasteiger charge is -2.19. The molecule has 5 rings (SSSR count). The molecule has 0 aliphatic carbocycles. The molecular weight excluding hydrogens is 426 g/mol. The molecule has 160 valence electrons. The Morgan fingerprint density at radius 1 is 1.06 bits per heavy atom. The fourth-order valence-electron chi connectivity index (χ4n) is 3.91. The fourth-order valence-corrected chi connectivity index (χ4v) is 4.08. The highest BCUT2D eigenvalue weighted by Crippen LogP contribution is 2.35. The lowest BCUT2D eigenvalue weighted by molar-refractivity contribution is -0.117. The predicted octanol–water partition coefficient (Wildman–Crippen LogP) is 4.94. The number of carbonyl (C=O) groups is 1. The van der Waals surface area contributed by atoms with Crippen LogP contribution in [0.25, 0.3) is 5.69 Å². The van der Waals surface area contributed by atoms with Gasteiger partial charge in [0.1, 0.15) is 12.3 Å². The number of aromatic nitrogens is 2. The molecule has 1 N–H and O–H groups in total. The molecule has 1 aliphatic heterocycles. The Kier molecular flexibility index (Phi) is 5.07. The average molecular weight is 446 g/mol. The van der Waals surface area contributed by atoms with Crippen LogP contribution in [0.2, 0.25) is 5.02 Å². The maximum absolute atomic E-state index is 13.4. The molecular formula is C25H20ClN3O3. The summed E-state index contributed by atoms with van der Waals surface area (Å²) in [7, 11) is 0. The summed E-state index contributed by atoms with van der Waals surface area (Å²) in [6.07, 6.45) is 0.444. The van der Waals surface area contributed by atoms with Crippen molar-refractivity contribution in [1.29, 1.82) is 0 Å². The summed E-state index contributed by atoms with van der Waals surface area (Å²) in [5.74, 6) is 0.779. The first-order valence-corrected chi connectivity index (χ1v) is 10.6. The summed E-state index contributed by atoms with van der Waals surface area (Å²) in [5.41, 5.74) is 3.44. The second kappa shape index (κ2) is 8.05. The molecule has 32 heavy (non-hydrogen) atoms. The molecule has 0 radical (unpaired) electrons. The van der Waals surface area contributed by atoms with Crippen LogP contribution in [-0.4, -0.2) is 15.3 Å². The van der Waals surface area contributed by atoms with E-state index in [0.29, 0.717) is 40.0 Å². The fraction of sp³-hybridized carbons (Fsp3) is 0.120. The molecule has 1 amide bonds. The number of halogens is 1. The number of nitrogens with zero attached hydrogens (tertiary/aromatic N) is 2. The summed E-state index contributed by atoms with van der Waals surface area (Å²) < 4.78 is 9.22. The van der Waals surface area contributed by atoms with Gasteiger partial charge in [0.25, 0.3) is 5.56 Å². The van der Waals surface area contributed by atoms with Crippen molar-refractivity contribution < 1.29 is 9.53 Å². The smallest absolute Gasteiger partial charge is 0.278 e. The zero-order chi connectivity index (χ0) is 22.2. The second-order valence-corrected chi connectivity index (χ2v) is 8.12. The first-order chi connectivity index (χ1) is 15.5. The number of anilines is 1. The monoisotopic (exact) mass is 445 g/mol. The van der Waals surface area contributed by atoms with Crippen LogP contribution in [0.5, 0.6) is 11.6 Å². The van der Waals surface area contributed by atoms with Crippen LogP contribution in [0.1, 0.15) is 16.7 Å². The highest BCUT2D eigenvalue weighted by Gasteiger charge is 2.29. The summed E-state index contributed by atoms with van der Waals surface area (Å²) >= 11 is 6.09. The number of hydrogen-bond acceptors (Lipinski definition) is 3. The predicted molar refractivity (Wildman–Crippen MR) is 124 cm³/mol. The van der Waals surface area contributed by atoms with Gasteiger partial charge in [-0.1, -0.05) is 54.1 Å². The maximum atomic E-state index is 13.4. The van der Waals surface area contributed by atoms with Gasteiger partial charge in [-0.2, -0.15) is 0 Å². The van der Waals surface area contributed by atoms with Crippen LogP contribution < -0.4 is 15.6 Å². The average Bonchev–Trinajstić information content (AvgIpc) is 3.06. The summed E-state index contributed by atoms with van der Waals surface area (Å²) in [4.78, 5) is 26.4. The van der Waals surface area contributed by atoms with Gasteiger partial charge < -0.3 is 10.1 Å². The molecule has 6 nitrogen and oxygen atoms in total. The van der Waals surface area contributed by atoms with Crippen molar-refractivity contribution in [3.8, 4) is 17.3 Å². The third-order valence-corrected chi connectivity index (χ3v) is 5.73. The molecule has 4 aromatic rings. The number of hydrogen-bond donors (Lipinski definition) is 1. The number of fused-ring (bicyclic) bond motifs is 2. The van der Waals surface area contributed by atoms with Crippen LogP contribution in [0.15, 0.2) is 77.6 Å². The van der Waals surface area contributed by atoms with Crippen molar-refractivity contribution in [2.45, 2.75) is 19.9 Å². The highest BCUT2D eigenvalue weighted by atomic mass is 35.5. The Morgan fingerprint density at radius 2 is 1.81 bits per heavy atom. The molecule has 0 unspecified atom stereocenters. The molecule has 0 spiro atoms. The molecule has 2 heterocycles. The van der Waals surface area contributed by atoms with Crippen LogP contribution in [0.4, 0.5) is 5.69 Å². The van der Waals surface area contributed by atoms with Gasteiger partial charge in [-0.3, -0.25) is 9.59 Å². The van der Waals surface area contributed by atoms with Gasteiger partial charge in [0.15, 0.2) is 0 Å². The summed E-state index contributed by atoms with van der Waals surface area (Å²) in [6.45, 7) is 1.79. The highest BCUT2D eigenvalue weighted by molar-refractivity contribution is 6.31. The van der Waals surface area contributed by atoms with E-state index in [-0.39, 0.29) is 18.0 Å². The van der Waals surface area contributed by atoms with Gasteiger partial charge in [-0.15, -0.1) is 0 Å². The van der Waals surface area contributed by atoms with Crippen LogP contribution in [0, 0.1) is 6.92 Å². The van der Waals surface area contributed by atoms with Crippen LogP contribution >= 0.6 is 11.6 Å². The Labute approximate surface area is 189 Å². The van der Waals surface area contributed by atoms with E-state index in [0.717, 1.165) is 11.1 Å². The van der Waals surface area contributed by atoms with Gasteiger partial charge >= 0.3 is 0 Å². The molecule has 0 saturated heterocycles. The number of rotatable bonds is 4. The number of benzene rings is 3. The molecule has 7 heteroatoms. The van der Waals surface area contributed by atoms with E-state index in [1.54, 1.807) is 16.8 Å². The van der Waals surface area contributed by atoms with Crippen molar-refractivity contribution >= 4 is 23.2 Å². The standard InChI is InChI=1S/C25H20ClN3O3/c1-16-11-12-18(26)14-21(16)27-23(30)15-28-25-20(13-17-7-5-6-10-22(17)32-25)24(31)29(28)19-8-3-2-4-9-19/h2-12,14H,13,15H2,1H3,(H,27,30). The maximum Gasteiger partial charge on any atom is 0.278 e. The minimum atomic E-state index is -0.291. The van der Waals surface area contributed by atoms with E-state index in [1.165, 1.54) is 4.68 Å². The molecule has 0 atom stereocenters. The third-order valence-electron chi connectivity index (χ3n) is 5.50. The van der Waals surface area contributed by atoms with Crippen molar-refractivity contribution in [1.82, 2.24) is 9.36 Å². The van der Waals surface area contributed by atoms with Gasteiger partial charge in [0, 0.05) is 17.1 Å². The van der Waals surface area contributed by atoms with Crippen LogP contribution in [-0.2, 0) is 17.8 Å². The minimum absolute atomic E-state index is 0.104. The molecule has 0 saturated carbocycles. The molecule has 1 aliphatic rings. The van der Waals surface area contributed by atoms with Gasteiger partial charge in [0.05, 0.1) is 11.3 Å². The van der Waals surface area contributed by atoms with E-state index in [2.05, 4.69) is 5.32 Å². The normalized spacial score (nSPS) is 11.9. The van der Waals surface area contributed by atoms with Gasteiger partial charge in [-0.05, 0) is 48.4 Å². The zero-order valence-electron chi connectivity index (χ0n) is 17.3. The van der Waals surface area contributed by atoms with Gasteiger partial charge in [0.2, 0.25) is 11.8 Å². The van der Waals surface area contributed by atoms with E-state index >= 15 is 0 Å². The Hall–Kier alpha value is -3.77. The zero-order valence-corrected chi connectivity index (χ0v) is 18.1. The van der Waals surface area contributed by atoms with Crippen molar-refractivity contribution in [3.63, 3.8) is 0 Å². The Bertz CT molecular complexity index is 1390. The summed E-state index contributed by atoms with van der Waals surface area (Å²) in [6, 6.07) is 22.2. The lowest BCUT2D eigenvalue weighted by atomic mass is 10.0. The van der Waals surface area contributed by atoms with E-state index in [9.17, 15) is 9.59 Å². The Morgan fingerprint density at radius 3 is 2.62 bits per heavy atom. The minimum Gasteiger partial charge on any atom is -0.439 e. The van der Waals surface area contributed by atoms with E-state index in [4.69, 9.17) is 16.3 Å². The molecule has 0 bridgehead atoms. The largest absolute Gasteiger partial charge is 0.439 e. The second-order valence-electron chi connectivity index (χ2n) is 7.69. The summed E-state index contributed by atoms with van der Waals surface area (Å²) in [5, 5.41) is 3.43. The van der Waals surface area contributed by atoms with E-state index in [1.807, 2.05) is 67.6 Å². The lowest BCUT2D eigenvalue weighted by Crippen LogP contribution is -2.27. The third kappa shape index (κ3) is 3.59. The van der Waals surface area contributed by atoms with Crippen molar-refractivity contribution in [3.05, 3.63) is 105 Å². The van der Waals surface area contributed by atoms with Crippen molar-refractivity contribution in [2.75, 3.05) is 5.32 Å². The topological polar surface area (TPSA) is 65.3 Å². The van der Waals surface area contributed by atoms with Gasteiger partial charge in [-0.25, -0.2) is 9.36 Å².